The smallest absolute Gasteiger partial charge is 0.240 e. The number of hydrogen-bond acceptors (Lipinski definition) is 5. The molecule has 4 heterocycles. The summed E-state index contributed by atoms with van der Waals surface area (Å²) in [5.41, 5.74) is 3.73. The summed E-state index contributed by atoms with van der Waals surface area (Å²) in [4.78, 5) is 19.7. The van der Waals surface area contributed by atoms with Crippen LogP contribution in [0.15, 0.2) is 115 Å². The lowest BCUT2D eigenvalue weighted by atomic mass is 10.1. The van der Waals surface area contributed by atoms with E-state index in [1.165, 1.54) is 25.6 Å². The quantitative estimate of drug-likeness (QED) is 0.244. The first-order valence-electron chi connectivity index (χ1n) is 12.4. The van der Waals surface area contributed by atoms with Crippen LogP contribution in [0.4, 0.5) is 0 Å². The van der Waals surface area contributed by atoms with Crippen molar-refractivity contribution in [2.45, 2.75) is 0 Å². The first-order valence-corrected chi connectivity index (χ1v) is 13.2. The van der Waals surface area contributed by atoms with Crippen LogP contribution in [-0.4, -0.2) is 24.5 Å². The Morgan fingerprint density at radius 2 is 1.18 bits per heavy atom. The van der Waals surface area contributed by atoms with Crippen molar-refractivity contribution < 1.29 is 0 Å². The molecule has 8 rings (SSSR count). The summed E-state index contributed by atoms with van der Waals surface area (Å²) in [6.07, 6.45) is 1.83. The average Bonchev–Trinajstić information content (AvgIpc) is 3.53. The molecule has 0 fully saturated rings. The van der Waals surface area contributed by atoms with Crippen LogP contribution in [0.25, 0.3) is 70.8 Å². The van der Waals surface area contributed by atoms with Crippen LogP contribution in [0.2, 0.25) is 0 Å². The number of rotatable bonds is 3. The van der Waals surface area contributed by atoms with Crippen LogP contribution in [0.3, 0.4) is 0 Å². The molecule has 0 aliphatic heterocycles. The van der Waals surface area contributed by atoms with Gasteiger partial charge in [0.25, 0.3) is 0 Å². The molecule has 0 saturated carbocycles. The molecule has 38 heavy (non-hydrogen) atoms. The van der Waals surface area contributed by atoms with E-state index in [9.17, 15) is 0 Å². The fraction of sp³-hybridized carbons (Fsp3) is 0. The summed E-state index contributed by atoms with van der Waals surface area (Å²) < 4.78 is 4.61. The normalized spacial score (nSPS) is 11.7. The number of fused-ring (bicyclic) bond motifs is 7. The molecule has 0 aliphatic rings. The molecule has 0 N–H and O–H groups in total. The molecule has 0 radical (unpaired) electrons. The lowest BCUT2D eigenvalue weighted by Crippen LogP contribution is -2.06. The fourth-order valence-corrected chi connectivity index (χ4v) is 6.36. The van der Waals surface area contributed by atoms with E-state index in [1.807, 2.05) is 84.3 Å². The Kier molecular flexibility index (Phi) is 4.62. The van der Waals surface area contributed by atoms with Crippen LogP contribution in [0.5, 0.6) is 0 Å². The second kappa shape index (κ2) is 8.30. The number of benzene rings is 4. The van der Waals surface area contributed by atoms with Crippen LogP contribution in [-0.2, 0) is 0 Å². The lowest BCUT2D eigenvalue weighted by Gasteiger charge is -2.10. The Morgan fingerprint density at radius 1 is 0.526 bits per heavy atom. The zero-order chi connectivity index (χ0) is 25.1. The van der Waals surface area contributed by atoms with Crippen molar-refractivity contribution in [3.63, 3.8) is 0 Å². The molecule has 0 bridgehead atoms. The predicted octanol–water partition coefficient (Wildman–Crippen LogP) is 8.07. The van der Waals surface area contributed by atoms with Crippen LogP contribution in [0, 0.1) is 0 Å². The van der Waals surface area contributed by atoms with E-state index >= 15 is 0 Å². The van der Waals surface area contributed by atoms with Gasteiger partial charge in [-0.3, -0.25) is 4.57 Å². The molecule has 6 heteroatoms. The third-order valence-corrected chi connectivity index (χ3v) is 8.05. The molecule has 5 nitrogen and oxygen atoms in total. The summed E-state index contributed by atoms with van der Waals surface area (Å²) in [7, 11) is 0. The number of pyridine rings is 1. The summed E-state index contributed by atoms with van der Waals surface area (Å²) in [6, 6.07) is 37.2. The zero-order valence-electron chi connectivity index (χ0n) is 20.1. The van der Waals surface area contributed by atoms with Gasteiger partial charge in [-0.05, 0) is 30.3 Å². The largest absolute Gasteiger partial charge is 0.262 e. The standard InChI is InChI=1S/C32H19N5S/c1-3-10-20(11-4-1)29-34-30(21-12-5-2-6-13-21)36-32(35-29)37-24-17-18-26-28(22-14-7-8-16-25(22)38-26)27(24)23-15-9-19-33-31(23)37/h1-19H. The summed E-state index contributed by atoms with van der Waals surface area (Å²) in [5, 5.41) is 4.76. The van der Waals surface area contributed by atoms with Gasteiger partial charge >= 0.3 is 0 Å². The van der Waals surface area contributed by atoms with Crippen molar-refractivity contribution in [1.29, 1.82) is 0 Å². The maximum atomic E-state index is 5.01. The molecule has 4 aromatic heterocycles. The topological polar surface area (TPSA) is 56.5 Å². The molecule has 0 saturated heterocycles. The third kappa shape index (κ3) is 3.17. The molecule has 4 aromatic carbocycles. The van der Waals surface area contributed by atoms with Crippen molar-refractivity contribution in [2.75, 3.05) is 0 Å². The minimum atomic E-state index is 0.551. The molecule has 0 atom stereocenters. The minimum absolute atomic E-state index is 0.551. The van der Waals surface area contributed by atoms with Crippen molar-refractivity contribution in [1.82, 2.24) is 24.5 Å². The van der Waals surface area contributed by atoms with Gasteiger partial charge in [0.15, 0.2) is 11.6 Å². The summed E-state index contributed by atoms with van der Waals surface area (Å²) >= 11 is 1.82. The Labute approximate surface area is 221 Å². The fourth-order valence-electron chi connectivity index (χ4n) is 5.25. The Balaban J connectivity index is 1.51. The van der Waals surface area contributed by atoms with Gasteiger partial charge in [0.05, 0.1) is 5.52 Å². The number of hydrogen-bond donors (Lipinski definition) is 0. The van der Waals surface area contributed by atoms with E-state index in [2.05, 4.69) is 47.0 Å². The van der Waals surface area contributed by atoms with E-state index in [0.29, 0.717) is 17.6 Å². The summed E-state index contributed by atoms with van der Waals surface area (Å²) in [6.45, 7) is 0. The number of thiophene rings is 1. The Morgan fingerprint density at radius 3 is 1.92 bits per heavy atom. The molecule has 0 spiro atoms. The van der Waals surface area contributed by atoms with Gasteiger partial charge in [0, 0.05) is 48.3 Å². The highest BCUT2D eigenvalue weighted by Gasteiger charge is 2.21. The van der Waals surface area contributed by atoms with Crippen molar-refractivity contribution in [3.8, 4) is 28.7 Å². The van der Waals surface area contributed by atoms with Gasteiger partial charge in [0.2, 0.25) is 5.95 Å². The molecule has 0 unspecified atom stereocenters. The first kappa shape index (κ1) is 21.2. The van der Waals surface area contributed by atoms with Gasteiger partial charge in [0.1, 0.15) is 5.65 Å². The van der Waals surface area contributed by atoms with E-state index in [-0.39, 0.29) is 0 Å². The molecule has 178 valence electrons. The van der Waals surface area contributed by atoms with Gasteiger partial charge < -0.3 is 0 Å². The highest BCUT2D eigenvalue weighted by Crippen LogP contribution is 2.42. The highest BCUT2D eigenvalue weighted by molar-refractivity contribution is 7.26. The number of nitrogens with zero attached hydrogens (tertiary/aromatic N) is 5. The van der Waals surface area contributed by atoms with E-state index in [4.69, 9.17) is 19.9 Å². The third-order valence-electron chi connectivity index (χ3n) is 6.92. The average molecular weight is 506 g/mol. The molecular formula is C32H19N5S. The van der Waals surface area contributed by atoms with Crippen molar-refractivity contribution in [3.05, 3.63) is 115 Å². The predicted molar refractivity (Wildman–Crippen MR) is 156 cm³/mol. The maximum absolute atomic E-state index is 5.01. The van der Waals surface area contributed by atoms with Gasteiger partial charge in [-0.25, -0.2) is 9.97 Å². The van der Waals surface area contributed by atoms with Crippen molar-refractivity contribution >= 4 is 53.4 Å². The maximum Gasteiger partial charge on any atom is 0.240 e. The molecular weight excluding hydrogens is 486 g/mol. The van der Waals surface area contributed by atoms with Gasteiger partial charge in [-0.15, -0.1) is 11.3 Å². The highest BCUT2D eigenvalue weighted by atomic mass is 32.1. The number of aromatic nitrogens is 5. The molecule has 0 amide bonds. The molecule has 8 aromatic rings. The van der Waals surface area contributed by atoms with Crippen LogP contribution >= 0.6 is 11.3 Å². The van der Waals surface area contributed by atoms with Gasteiger partial charge in [-0.1, -0.05) is 78.9 Å². The Bertz CT molecular complexity index is 2070. The van der Waals surface area contributed by atoms with Crippen LogP contribution in [0.1, 0.15) is 0 Å². The monoisotopic (exact) mass is 505 g/mol. The van der Waals surface area contributed by atoms with Crippen molar-refractivity contribution in [2.24, 2.45) is 0 Å². The second-order valence-electron chi connectivity index (χ2n) is 9.16. The zero-order valence-corrected chi connectivity index (χ0v) is 20.9. The van der Waals surface area contributed by atoms with E-state index < -0.39 is 0 Å². The Hall–Kier alpha value is -4.94. The lowest BCUT2D eigenvalue weighted by molar-refractivity contribution is 0.944. The van der Waals surface area contributed by atoms with E-state index in [1.54, 1.807) is 0 Å². The second-order valence-corrected chi connectivity index (χ2v) is 10.2. The van der Waals surface area contributed by atoms with E-state index in [0.717, 1.165) is 27.7 Å². The molecule has 0 aliphatic carbocycles. The van der Waals surface area contributed by atoms with Gasteiger partial charge in [-0.2, -0.15) is 9.97 Å². The first-order chi connectivity index (χ1) is 18.8. The SMILES string of the molecule is c1ccc(-c2nc(-c3ccccc3)nc(-n3c4ccc5sc6ccccc6c5c4c4cccnc43)n2)cc1. The minimum Gasteiger partial charge on any atom is -0.262 e. The summed E-state index contributed by atoms with van der Waals surface area (Å²) in [5.74, 6) is 1.81. The van der Waals surface area contributed by atoms with Crippen LogP contribution < -0.4 is 0 Å².